The average molecular weight is 486 g/mol. The number of hydrogen-bond acceptors (Lipinski definition) is 3. The first-order chi connectivity index (χ1) is 12.6. The van der Waals surface area contributed by atoms with Crippen LogP contribution >= 0.6 is 24.0 Å². The highest BCUT2D eigenvalue weighted by atomic mass is 127. The molecule has 1 aromatic carbocycles. The molecule has 0 aliphatic carbocycles. The number of aryl methyl sites for hydroxylation is 1. The zero-order chi connectivity index (χ0) is 18.8. The molecule has 0 radical (unpaired) electrons. The van der Waals surface area contributed by atoms with Crippen LogP contribution in [0.5, 0.6) is 5.75 Å². The van der Waals surface area contributed by atoms with Gasteiger partial charge in [-0.3, -0.25) is 4.99 Å². The van der Waals surface area contributed by atoms with E-state index in [0.29, 0.717) is 13.2 Å². The van der Waals surface area contributed by atoms with Crippen molar-refractivity contribution in [3.05, 3.63) is 53.9 Å². The lowest BCUT2D eigenvalue weighted by molar-refractivity contribution is 0.119. The summed E-state index contributed by atoms with van der Waals surface area (Å²) in [4.78, 5) is 6.47. The van der Waals surface area contributed by atoms with Crippen molar-refractivity contribution in [2.24, 2.45) is 12.0 Å². The zero-order valence-corrected chi connectivity index (χ0v) is 19.0. The quantitative estimate of drug-likeness (QED) is 0.256. The number of rotatable bonds is 9. The van der Waals surface area contributed by atoms with Gasteiger partial charge in [-0.15, -0.1) is 24.0 Å². The fraction of sp³-hybridized carbons (Fsp3) is 0.450. The van der Waals surface area contributed by atoms with Gasteiger partial charge in [0.15, 0.2) is 5.96 Å². The minimum absolute atomic E-state index is 0. The fourth-order valence-electron chi connectivity index (χ4n) is 2.65. The van der Waals surface area contributed by atoms with E-state index in [0.717, 1.165) is 36.8 Å². The molecule has 0 atom stereocenters. The van der Waals surface area contributed by atoms with Crippen LogP contribution in [-0.2, 0) is 24.9 Å². The Hall–Kier alpha value is -1.74. The van der Waals surface area contributed by atoms with Crippen molar-refractivity contribution >= 4 is 29.9 Å². The summed E-state index contributed by atoms with van der Waals surface area (Å²) in [6, 6.07) is 12.1. The molecule has 27 heavy (non-hydrogen) atoms. The third-order valence-electron chi connectivity index (χ3n) is 4.20. The van der Waals surface area contributed by atoms with E-state index in [4.69, 9.17) is 9.47 Å². The van der Waals surface area contributed by atoms with Gasteiger partial charge in [-0.25, -0.2) is 0 Å². The standard InChI is InChI=1S/C20H30N4O2.HI/c1-21-20(24(3)15-18-7-5-13-23(18)2)22-12-6-14-26-16-17-8-10-19(25-4)11-9-17;/h5,7-11,13H,6,12,14-16H2,1-4H3,(H,21,22);1H. The number of benzene rings is 1. The third-order valence-corrected chi connectivity index (χ3v) is 4.20. The summed E-state index contributed by atoms with van der Waals surface area (Å²) in [6.45, 7) is 2.97. The van der Waals surface area contributed by atoms with Crippen LogP contribution in [0.3, 0.4) is 0 Å². The summed E-state index contributed by atoms with van der Waals surface area (Å²) in [5.74, 6) is 1.75. The second kappa shape index (κ2) is 12.6. The van der Waals surface area contributed by atoms with E-state index >= 15 is 0 Å². The van der Waals surface area contributed by atoms with Crippen LogP contribution in [-0.4, -0.2) is 49.8 Å². The highest BCUT2D eigenvalue weighted by molar-refractivity contribution is 14.0. The molecule has 0 amide bonds. The van der Waals surface area contributed by atoms with E-state index in [1.807, 2.05) is 38.4 Å². The second-order valence-electron chi connectivity index (χ2n) is 6.19. The first-order valence-corrected chi connectivity index (χ1v) is 8.86. The van der Waals surface area contributed by atoms with Crippen LogP contribution in [0, 0.1) is 0 Å². The Morgan fingerprint density at radius 2 is 1.96 bits per heavy atom. The maximum absolute atomic E-state index is 5.73. The number of nitrogens with one attached hydrogen (secondary N) is 1. The molecule has 0 bridgehead atoms. The lowest BCUT2D eigenvalue weighted by atomic mass is 10.2. The van der Waals surface area contributed by atoms with Gasteiger partial charge in [0.1, 0.15) is 5.75 Å². The molecular weight excluding hydrogens is 455 g/mol. The summed E-state index contributed by atoms with van der Waals surface area (Å²) < 4.78 is 13.0. The van der Waals surface area contributed by atoms with Gasteiger partial charge in [-0.2, -0.15) is 0 Å². The molecule has 2 aromatic rings. The molecule has 1 heterocycles. The molecule has 0 aliphatic heterocycles. The molecule has 0 aliphatic rings. The number of hydrogen-bond donors (Lipinski definition) is 1. The Bertz CT molecular complexity index is 686. The van der Waals surface area contributed by atoms with Gasteiger partial charge in [0, 0.05) is 46.2 Å². The molecule has 0 saturated heterocycles. The van der Waals surface area contributed by atoms with Crippen molar-refractivity contribution in [2.45, 2.75) is 19.6 Å². The van der Waals surface area contributed by atoms with E-state index in [-0.39, 0.29) is 24.0 Å². The number of guanidine groups is 1. The number of methoxy groups -OCH3 is 1. The van der Waals surface area contributed by atoms with Gasteiger partial charge < -0.3 is 24.3 Å². The summed E-state index contributed by atoms with van der Waals surface area (Å²) in [5, 5.41) is 3.38. The van der Waals surface area contributed by atoms with Crippen molar-refractivity contribution in [3.8, 4) is 5.75 Å². The molecule has 0 spiro atoms. The van der Waals surface area contributed by atoms with E-state index < -0.39 is 0 Å². The summed E-state index contributed by atoms with van der Waals surface area (Å²) in [5.41, 5.74) is 2.40. The molecule has 0 unspecified atom stereocenters. The number of aliphatic imine (C=N–C) groups is 1. The minimum Gasteiger partial charge on any atom is -0.497 e. The summed E-state index contributed by atoms with van der Waals surface area (Å²) >= 11 is 0. The van der Waals surface area contributed by atoms with Gasteiger partial charge in [0.2, 0.25) is 0 Å². The molecule has 0 fully saturated rings. The molecule has 1 aromatic heterocycles. The molecule has 0 saturated carbocycles. The van der Waals surface area contributed by atoms with Crippen LogP contribution in [0.15, 0.2) is 47.6 Å². The fourth-order valence-corrected chi connectivity index (χ4v) is 2.65. The van der Waals surface area contributed by atoms with Crippen molar-refractivity contribution < 1.29 is 9.47 Å². The monoisotopic (exact) mass is 486 g/mol. The van der Waals surface area contributed by atoms with Crippen LogP contribution in [0.4, 0.5) is 0 Å². The third kappa shape index (κ3) is 7.80. The molecule has 150 valence electrons. The Labute approximate surface area is 179 Å². The Balaban J connectivity index is 0.00000364. The van der Waals surface area contributed by atoms with Crippen LogP contribution in [0.25, 0.3) is 0 Å². The molecular formula is C20H31IN4O2. The number of aromatic nitrogens is 1. The summed E-state index contributed by atoms with van der Waals surface area (Å²) in [6.07, 6.45) is 2.98. The van der Waals surface area contributed by atoms with Crippen molar-refractivity contribution in [1.82, 2.24) is 14.8 Å². The molecule has 6 nitrogen and oxygen atoms in total. The average Bonchev–Trinajstić information content (AvgIpc) is 3.06. The van der Waals surface area contributed by atoms with Gasteiger partial charge in [-0.05, 0) is 36.2 Å². The second-order valence-corrected chi connectivity index (χ2v) is 6.19. The van der Waals surface area contributed by atoms with E-state index in [1.54, 1.807) is 7.11 Å². The number of nitrogens with zero attached hydrogens (tertiary/aromatic N) is 3. The maximum atomic E-state index is 5.73. The van der Waals surface area contributed by atoms with Gasteiger partial charge in [-0.1, -0.05) is 12.1 Å². The van der Waals surface area contributed by atoms with Gasteiger partial charge >= 0.3 is 0 Å². The van der Waals surface area contributed by atoms with Gasteiger partial charge in [0.05, 0.1) is 20.3 Å². The lowest BCUT2D eigenvalue weighted by Crippen LogP contribution is -2.39. The van der Waals surface area contributed by atoms with E-state index in [2.05, 4.69) is 45.2 Å². The van der Waals surface area contributed by atoms with Crippen LogP contribution < -0.4 is 10.1 Å². The first-order valence-electron chi connectivity index (χ1n) is 8.86. The predicted octanol–water partition coefficient (Wildman–Crippen LogP) is 3.27. The maximum Gasteiger partial charge on any atom is 0.193 e. The lowest BCUT2D eigenvalue weighted by Gasteiger charge is -2.22. The Morgan fingerprint density at radius 1 is 1.22 bits per heavy atom. The van der Waals surface area contributed by atoms with E-state index in [9.17, 15) is 0 Å². The normalized spacial score (nSPS) is 11.0. The molecule has 7 heteroatoms. The number of ether oxygens (including phenoxy) is 2. The van der Waals surface area contributed by atoms with Crippen molar-refractivity contribution in [2.75, 3.05) is 34.4 Å². The topological polar surface area (TPSA) is 51.0 Å². The first kappa shape index (κ1) is 23.3. The van der Waals surface area contributed by atoms with E-state index in [1.165, 1.54) is 5.69 Å². The molecule has 2 rings (SSSR count). The van der Waals surface area contributed by atoms with Crippen LogP contribution in [0.1, 0.15) is 17.7 Å². The highest BCUT2D eigenvalue weighted by Crippen LogP contribution is 2.11. The zero-order valence-electron chi connectivity index (χ0n) is 16.6. The minimum atomic E-state index is 0. The van der Waals surface area contributed by atoms with Crippen molar-refractivity contribution in [1.29, 1.82) is 0 Å². The molecule has 1 N–H and O–H groups in total. The van der Waals surface area contributed by atoms with Crippen LogP contribution in [0.2, 0.25) is 0 Å². The van der Waals surface area contributed by atoms with Gasteiger partial charge in [0.25, 0.3) is 0 Å². The predicted molar refractivity (Wildman–Crippen MR) is 121 cm³/mol. The summed E-state index contributed by atoms with van der Waals surface area (Å²) in [7, 11) is 7.58. The SMILES string of the molecule is CN=C(NCCCOCc1ccc(OC)cc1)N(C)Cc1cccn1C.I. The Morgan fingerprint density at radius 3 is 2.56 bits per heavy atom. The smallest absolute Gasteiger partial charge is 0.193 e. The highest BCUT2D eigenvalue weighted by Gasteiger charge is 2.07. The largest absolute Gasteiger partial charge is 0.497 e. The number of halogens is 1. The van der Waals surface area contributed by atoms with Crippen molar-refractivity contribution in [3.63, 3.8) is 0 Å². The Kier molecular flexibility index (Phi) is 10.9.